The van der Waals surface area contributed by atoms with Gasteiger partial charge in [0, 0.05) is 19.3 Å². The van der Waals surface area contributed by atoms with E-state index in [1.165, 1.54) is 28.0 Å². The summed E-state index contributed by atoms with van der Waals surface area (Å²) in [6.07, 6.45) is 4.49. The smallest absolute Gasteiger partial charge is 0.173 e. The van der Waals surface area contributed by atoms with Crippen LogP contribution in [0.25, 0.3) is 6.08 Å². The first-order chi connectivity index (χ1) is 13.8. The minimum absolute atomic E-state index is 0.212. The monoisotopic (exact) mass is 385 g/mol. The van der Waals surface area contributed by atoms with Crippen LogP contribution < -0.4 is 0 Å². The van der Waals surface area contributed by atoms with Crippen LogP contribution in [0.3, 0.4) is 0 Å². The van der Waals surface area contributed by atoms with Crippen molar-refractivity contribution in [3.05, 3.63) is 100 Å². The highest BCUT2D eigenvalue weighted by Gasteiger charge is 2.37. The van der Waals surface area contributed by atoms with Crippen molar-refractivity contribution in [2.75, 3.05) is 19.6 Å². The Hall–Kier alpha value is -2.56. The van der Waals surface area contributed by atoms with Crippen molar-refractivity contribution in [1.29, 1.82) is 0 Å². The molecule has 1 atom stereocenters. The summed E-state index contributed by atoms with van der Waals surface area (Å²) in [6.45, 7) is 5.18. The average Bonchev–Trinajstić information content (AvgIpc) is 3.21. The number of benzene rings is 2. The van der Waals surface area contributed by atoms with Crippen LogP contribution in [0.1, 0.15) is 24.1 Å². The van der Waals surface area contributed by atoms with Gasteiger partial charge in [0.2, 0.25) is 0 Å². The SMILES string of the molecule is CCN1CC2=C(N=C3SC=CN3C2c2ccccc2)/C(=C/c2ccccc2)C1. The summed E-state index contributed by atoms with van der Waals surface area (Å²) in [5.41, 5.74) is 6.46. The number of hydrogen-bond acceptors (Lipinski definition) is 4. The number of fused-ring (bicyclic) bond motifs is 1. The fourth-order valence-electron chi connectivity index (χ4n) is 4.16. The standard InChI is InChI=1S/C24H23N3S/c1-2-26-16-20(15-18-9-5-3-6-10-18)22-21(17-26)23(19-11-7-4-8-12-19)27-13-14-28-24(27)25-22/h3-15,23H,2,16-17H2,1H3/b20-15+. The highest BCUT2D eigenvalue weighted by molar-refractivity contribution is 8.16. The molecule has 3 aliphatic heterocycles. The van der Waals surface area contributed by atoms with Crippen LogP contribution in [0.4, 0.5) is 0 Å². The summed E-state index contributed by atoms with van der Waals surface area (Å²) in [6, 6.07) is 21.6. The molecule has 3 aliphatic rings. The molecular weight excluding hydrogens is 362 g/mol. The Kier molecular flexibility index (Phi) is 4.67. The number of likely N-dealkylation sites (N-methyl/N-ethyl adjacent to an activating group) is 1. The van der Waals surface area contributed by atoms with Gasteiger partial charge in [-0.1, -0.05) is 79.3 Å². The molecule has 5 rings (SSSR count). The Balaban J connectivity index is 1.67. The summed E-state index contributed by atoms with van der Waals surface area (Å²) in [7, 11) is 0. The molecule has 3 nitrogen and oxygen atoms in total. The lowest BCUT2D eigenvalue weighted by Gasteiger charge is -2.40. The van der Waals surface area contributed by atoms with E-state index in [9.17, 15) is 0 Å². The van der Waals surface area contributed by atoms with Crippen LogP contribution >= 0.6 is 11.8 Å². The summed E-state index contributed by atoms with van der Waals surface area (Å²) in [5.74, 6) is 0. The van der Waals surface area contributed by atoms with Gasteiger partial charge >= 0.3 is 0 Å². The van der Waals surface area contributed by atoms with E-state index in [1.54, 1.807) is 11.8 Å². The summed E-state index contributed by atoms with van der Waals surface area (Å²) >= 11 is 1.72. The molecular formula is C24H23N3S. The number of nitrogens with zero attached hydrogens (tertiary/aromatic N) is 3. The maximum absolute atomic E-state index is 5.12. The Morgan fingerprint density at radius 3 is 2.54 bits per heavy atom. The van der Waals surface area contributed by atoms with Crippen LogP contribution in [0.5, 0.6) is 0 Å². The van der Waals surface area contributed by atoms with Gasteiger partial charge in [0.15, 0.2) is 5.17 Å². The van der Waals surface area contributed by atoms with Gasteiger partial charge in [-0.05, 0) is 40.3 Å². The minimum atomic E-state index is 0.212. The van der Waals surface area contributed by atoms with Gasteiger partial charge in [0.1, 0.15) is 0 Å². The van der Waals surface area contributed by atoms with Crippen LogP contribution in [-0.4, -0.2) is 34.6 Å². The number of aliphatic imine (C=N–C) groups is 1. The maximum atomic E-state index is 5.12. The Bertz CT molecular complexity index is 989. The van der Waals surface area contributed by atoms with Crippen LogP contribution in [-0.2, 0) is 0 Å². The lowest BCUT2D eigenvalue weighted by Crippen LogP contribution is -2.41. The molecule has 0 bridgehead atoms. The number of hydrogen-bond donors (Lipinski definition) is 0. The zero-order valence-corrected chi connectivity index (χ0v) is 16.8. The molecule has 140 valence electrons. The third-order valence-electron chi connectivity index (χ3n) is 5.53. The van der Waals surface area contributed by atoms with Crippen LogP contribution in [0, 0.1) is 0 Å². The predicted octanol–water partition coefficient (Wildman–Crippen LogP) is 5.29. The highest BCUT2D eigenvalue weighted by atomic mass is 32.2. The average molecular weight is 386 g/mol. The van der Waals surface area contributed by atoms with Crippen molar-refractivity contribution >= 4 is 23.0 Å². The first-order valence-corrected chi connectivity index (χ1v) is 10.7. The molecule has 0 fully saturated rings. The van der Waals surface area contributed by atoms with Gasteiger partial charge in [0.25, 0.3) is 0 Å². The molecule has 0 saturated heterocycles. The van der Waals surface area contributed by atoms with Crippen molar-refractivity contribution < 1.29 is 0 Å². The Morgan fingerprint density at radius 2 is 1.79 bits per heavy atom. The lowest BCUT2D eigenvalue weighted by atomic mass is 9.88. The predicted molar refractivity (Wildman–Crippen MR) is 119 cm³/mol. The van der Waals surface area contributed by atoms with Gasteiger partial charge in [-0.3, -0.25) is 4.90 Å². The number of thioether (sulfide) groups is 1. The molecule has 1 unspecified atom stereocenters. The van der Waals surface area contributed by atoms with Gasteiger partial charge in [-0.15, -0.1) is 0 Å². The van der Waals surface area contributed by atoms with E-state index < -0.39 is 0 Å². The topological polar surface area (TPSA) is 18.8 Å². The molecule has 0 saturated carbocycles. The minimum Gasteiger partial charge on any atom is -0.315 e. The van der Waals surface area contributed by atoms with Crippen molar-refractivity contribution in [3.8, 4) is 0 Å². The molecule has 28 heavy (non-hydrogen) atoms. The van der Waals surface area contributed by atoms with Gasteiger partial charge < -0.3 is 4.90 Å². The zero-order valence-electron chi connectivity index (χ0n) is 16.0. The lowest BCUT2D eigenvalue weighted by molar-refractivity contribution is 0.302. The maximum Gasteiger partial charge on any atom is 0.173 e. The summed E-state index contributed by atoms with van der Waals surface area (Å²) < 4.78 is 0. The van der Waals surface area contributed by atoms with Crippen molar-refractivity contribution in [2.24, 2.45) is 4.99 Å². The second-order valence-electron chi connectivity index (χ2n) is 7.28. The van der Waals surface area contributed by atoms with E-state index in [4.69, 9.17) is 4.99 Å². The fourth-order valence-corrected chi connectivity index (χ4v) is 4.91. The molecule has 4 heteroatoms. The van der Waals surface area contributed by atoms with E-state index in [0.717, 1.165) is 24.8 Å². The molecule has 0 aliphatic carbocycles. The molecule has 0 N–H and O–H groups in total. The molecule has 2 aromatic carbocycles. The molecule has 0 aromatic heterocycles. The largest absolute Gasteiger partial charge is 0.315 e. The number of amidine groups is 1. The van der Waals surface area contributed by atoms with E-state index in [0.29, 0.717) is 0 Å². The molecule has 0 radical (unpaired) electrons. The quantitative estimate of drug-likeness (QED) is 0.715. The third kappa shape index (κ3) is 3.13. The molecule has 0 amide bonds. The second-order valence-corrected chi connectivity index (χ2v) is 8.15. The Morgan fingerprint density at radius 1 is 1.04 bits per heavy atom. The molecule has 0 spiro atoms. The summed E-state index contributed by atoms with van der Waals surface area (Å²) in [5, 5.41) is 3.22. The van der Waals surface area contributed by atoms with E-state index in [1.807, 2.05) is 0 Å². The summed E-state index contributed by atoms with van der Waals surface area (Å²) in [4.78, 5) is 9.96. The Labute approximate surface area is 170 Å². The first-order valence-electron chi connectivity index (χ1n) is 9.80. The first kappa shape index (κ1) is 17.5. The van der Waals surface area contributed by atoms with Gasteiger partial charge in [-0.25, -0.2) is 4.99 Å². The normalized spacial score (nSPS) is 23.0. The van der Waals surface area contributed by atoms with Gasteiger partial charge in [0.05, 0.1) is 11.7 Å². The van der Waals surface area contributed by atoms with Crippen LogP contribution in [0.2, 0.25) is 0 Å². The fraction of sp³-hybridized carbons (Fsp3) is 0.208. The molecule has 3 heterocycles. The molecule has 2 aromatic rings. The van der Waals surface area contributed by atoms with E-state index >= 15 is 0 Å². The third-order valence-corrected chi connectivity index (χ3v) is 6.30. The van der Waals surface area contributed by atoms with E-state index in [-0.39, 0.29) is 6.04 Å². The highest BCUT2D eigenvalue weighted by Crippen LogP contribution is 2.44. The van der Waals surface area contributed by atoms with Crippen molar-refractivity contribution in [2.45, 2.75) is 13.0 Å². The van der Waals surface area contributed by atoms with Crippen molar-refractivity contribution in [3.63, 3.8) is 0 Å². The van der Waals surface area contributed by atoms with Crippen LogP contribution in [0.15, 0.2) is 94.1 Å². The van der Waals surface area contributed by atoms with Gasteiger partial charge in [-0.2, -0.15) is 0 Å². The number of rotatable bonds is 3. The van der Waals surface area contributed by atoms with Crippen molar-refractivity contribution in [1.82, 2.24) is 9.80 Å². The second kappa shape index (κ2) is 7.46. The van der Waals surface area contributed by atoms with E-state index in [2.05, 4.69) is 95.1 Å². The zero-order chi connectivity index (χ0) is 18.9.